The number of aliphatic carboxylic acids is 1. The standard InChI is InChI=1S/C35H43N7O7/c1-19(2)30(41-32(46)26(9-6-10-28(37)43)40-33(47)27-16-22-7-4-5-8-25(22)39-27)35(49)42-14-13-21-15-20(3)11-12-24(21)31(42)34(48)38-23(18-36)17-29(44)45/h4-5,7-8,11-12,15,19,23,26-27,30-31,39H,6,9-10,13-14,16-17H2,1-3H3,(H2,37,43)(H,38,48)(H,40,47)(H,41,46)(H,44,45)/t23-,26-,27?,30-,31-/m0/s1. The Morgan fingerprint density at radius 2 is 1.78 bits per heavy atom. The summed E-state index contributed by atoms with van der Waals surface area (Å²) in [6.45, 7) is 5.49. The van der Waals surface area contributed by atoms with Crippen LogP contribution in [0.5, 0.6) is 0 Å². The lowest BCUT2D eigenvalue weighted by atomic mass is 9.89. The number of para-hydroxylation sites is 1. The highest BCUT2D eigenvalue weighted by Gasteiger charge is 2.41. The van der Waals surface area contributed by atoms with Crippen LogP contribution in [0.4, 0.5) is 5.69 Å². The van der Waals surface area contributed by atoms with Gasteiger partial charge in [0.15, 0.2) is 0 Å². The normalized spacial score (nSPS) is 18.1. The number of benzene rings is 2. The highest BCUT2D eigenvalue weighted by atomic mass is 16.4. The molecule has 2 heterocycles. The van der Waals surface area contributed by atoms with Crippen molar-refractivity contribution in [3.05, 3.63) is 64.7 Å². The molecule has 14 heteroatoms. The van der Waals surface area contributed by atoms with Gasteiger partial charge in [-0.15, -0.1) is 0 Å². The van der Waals surface area contributed by atoms with Crippen molar-refractivity contribution in [2.45, 2.75) is 89.5 Å². The van der Waals surface area contributed by atoms with Crippen LogP contribution in [0.25, 0.3) is 0 Å². The maximum Gasteiger partial charge on any atom is 0.306 e. The molecule has 7 N–H and O–H groups in total. The molecule has 4 rings (SSSR count). The van der Waals surface area contributed by atoms with Gasteiger partial charge < -0.3 is 37.0 Å². The second-order valence-corrected chi connectivity index (χ2v) is 12.9. The average Bonchev–Trinajstić information content (AvgIpc) is 3.49. The van der Waals surface area contributed by atoms with Gasteiger partial charge in [0.1, 0.15) is 30.2 Å². The molecule has 0 bridgehead atoms. The molecule has 0 aliphatic carbocycles. The van der Waals surface area contributed by atoms with Crippen LogP contribution in [0.1, 0.15) is 67.8 Å². The van der Waals surface area contributed by atoms with Gasteiger partial charge in [-0.3, -0.25) is 28.8 Å². The fourth-order valence-electron chi connectivity index (χ4n) is 6.25. The average molecular weight is 674 g/mol. The molecule has 5 amide bonds. The fourth-order valence-corrected chi connectivity index (χ4v) is 6.25. The molecule has 2 aromatic rings. The van der Waals surface area contributed by atoms with E-state index < -0.39 is 78.1 Å². The number of nitrogens with two attached hydrogens (primary N) is 1. The lowest BCUT2D eigenvalue weighted by molar-refractivity contribution is -0.146. The molecular weight excluding hydrogens is 630 g/mol. The molecule has 0 fully saturated rings. The first-order valence-corrected chi connectivity index (χ1v) is 16.3. The quantitative estimate of drug-likeness (QED) is 0.169. The number of carboxylic acid groups (broad SMARTS) is 1. The van der Waals surface area contributed by atoms with E-state index >= 15 is 0 Å². The summed E-state index contributed by atoms with van der Waals surface area (Å²) in [7, 11) is 0. The van der Waals surface area contributed by atoms with Crippen molar-refractivity contribution in [3.8, 4) is 6.07 Å². The van der Waals surface area contributed by atoms with Crippen molar-refractivity contribution in [1.29, 1.82) is 5.26 Å². The second-order valence-electron chi connectivity index (χ2n) is 12.9. The van der Waals surface area contributed by atoms with Crippen LogP contribution >= 0.6 is 0 Å². The topological polar surface area (TPSA) is 224 Å². The van der Waals surface area contributed by atoms with Crippen LogP contribution in [0.3, 0.4) is 0 Å². The van der Waals surface area contributed by atoms with Gasteiger partial charge in [-0.2, -0.15) is 5.26 Å². The molecule has 2 aliphatic rings. The minimum Gasteiger partial charge on any atom is -0.481 e. The Morgan fingerprint density at radius 1 is 1.04 bits per heavy atom. The molecule has 260 valence electrons. The summed E-state index contributed by atoms with van der Waals surface area (Å²) in [5, 5.41) is 29.9. The zero-order valence-electron chi connectivity index (χ0n) is 27.8. The number of nitrogens with zero attached hydrogens (tertiary/aromatic N) is 2. The maximum absolute atomic E-state index is 14.3. The van der Waals surface area contributed by atoms with Crippen LogP contribution in [0, 0.1) is 24.2 Å². The van der Waals surface area contributed by atoms with Crippen molar-refractivity contribution in [1.82, 2.24) is 20.9 Å². The minimum atomic E-state index is -1.33. The molecule has 0 saturated heterocycles. The van der Waals surface area contributed by atoms with Gasteiger partial charge >= 0.3 is 5.97 Å². The Labute approximate surface area is 284 Å². The number of anilines is 1. The van der Waals surface area contributed by atoms with Crippen LogP contribution in [-0.2, 0) is 41.6 Å². The number of aryl methyl sites for hydroxylation is 1. The molecule has 49 heavy (non-hydrogen) atoms. The number of hydrogen-bond acceptors (Lipinski definition) is 8. The van der Waals surface area contributed by atoms with Crippen LogP contribution in [0.15, 0.2) is 42.5 Å². The van der Waals surface area contributed by atoms with Crippen LogP contribution in [0.2, 0.25) is 0 Å². The second kappa shape index (κ2) is 16.1. The zero-order chi connectivity index (χ0) is 35.8. The number of hydrogen-bond donors (Lipinski definition) is 6. The Balaban J connectivity index is 1.56. The molecule has 0 radical (unpaired) electrons. The first kappa shape index (κ1) is 36.4. The molecule has 0 aromatic heterocycles. The van der Waals surface area contributed by atoms with Crippen molar-refractivity contribution in [2.24, 2.45) is 11.7 Å². The Morgan fingerprint density at radius 3 is 2.43 bits per heavy atom. The number of carbonyl (C=O) groups excluding carboxylic acids is 5. The van der Waals surface area contributed by atoms with E-state index in [4.69, 9.17) is 5.73 Å². The number of amides is 5. The van der Waals surface area contributed by atoms with E-state index in [1.54, 1.807) is 32.0 Å². The monoisotopic (exact) mass is 673 g/mol. The smallest absolute Gasteiger partial charge is 0.306 e. The zero-order valence-corrected chi connectivity index (χ0v) is 27.8. The van der Waals surface area contributed by atoms with Gasteiger partial charge in [0, 0.05) is 25.1 Å². The number of fused-ring (bicyclic) bond motifs is 2. The molecule has 5 atom stereocenters. The summed E-state index contributed by atoms with van der Waals surface area (Å²) in [5.74, 6) is -4.62. The van der Waals surface area contributed by atoms with Gasteiger partial charge in [-0.05, 0) is 54.9 Å². The van der Waals surface area contributed by atoms with E-state index in [1.807, 2.05) is 37.3 Å². The highest BCUT2D eigenvalue weighted by molar-refractivity contribution is 5.96. The van der Waals surface area contributed by atoms with Crippen molar-refractivity contribution in [3.63, 3.8) is 0 Å². The number of carboxylic acids is 1. The number of carbonyl (C=O) groups is 6. The summed E-state index contributed by atoms with van der Waals surface area (Å²) in [5.41, 5.74) is 9.43. The number of rotatable bonds is 14. The van der Waals surface area contributed by atoms with Gasteiger partial charge in [0.05, 0.1) is 12.5 Å². The third-order valence-corrected chi connectivity index (χ3v) is 8.78. The first-order chi connectivity index (χ1) is 23.3. The number of primary amides is 1. The molecule has 14 nitrogen and oxygen atoms in total. The van der Waals surface area contributed by atoms with E-state index in [2.05, 4.69) is 21.3 Å². The first-order valence-electron chi connectivity index (χ1n) is 16.3. The summed E-state index contributed by atoms with van der Waals surface area (Å²) in [6.07, 6.45) is 0.509. The number of nitriles is 1. The highest BCUT2D eigenvalue weighted by Crippen LogP contribution is 2.32. The molecule has 1 unspecified atom stereocenters. The van der Waals surface area contributed by atoms with E-state index in [0.717, 1.165) is 22.4 Å². The van der Waals surface area contributed by atoms with E-state index in [1.165, 1.54) is 4.90 Å². The maximum atomic E-state index is 14.3. The molecule has 0 saturated carbocycles. The lowest BCUT2D eigenvalue weighted by Crippen LogP contribution is -2.59. The SMILES string of the molecule is Cc1ccc2c(c1)CCN(C(=O)[C@@H](NC(=O)[C@H](CCCC(N)=O)NC(=O)C1Cc3ccccc3N1)C(C)C)[C@@H]2C(=O)N[C@H](C#N)CC(=O)O. The van der Waals surface area contributed by atoms with Crippen molar-refractivity contribution in [2.75, 3.05) is 11.9 Å². The third kappa shape index (κ3) is 9.13. The predicted molar refractivity (Wildman–Crippen MR) is 178 cm³/mol. The van der Waals surface area contributed by atoms with Gasteiger partial charge in [0.2, 0.25) is 29.5 Å². The third-order valence-electron chi connectivity index (χ3n) is 8.78. The van der Waals surface area contributed by atoms with Crippen LogP contribution < -0.4 is 27.0 Å². The Bertz CT molecular complexity index is 1630. The summed E-state index contributed by atoms with van der Waals surface area (Å²) < 4.78 is 0. The summed E-state index contributed by atoms with van der Waals surface area (Å²) in [6, 6.07) is 9.35. The molecular formula is C35H43N7O7. The van der Waals surface area contributed by atoms with Gasteiger partial charge in [-0.1, -0.05) is 55.8 Å². The van der Waals surface area contributed by atoms with Crippen molar-refractivity contribution < 1.29 is 33.9 Å². The number of nitrogens with one attached hydrogen (secondary N) is 4. The Hall–Kier alpha value is -5.45. The van der Waals surface area contributed by atoms with Gasteiger partial charge in [-0.25, -0.2) is 0 Å². The molecule has 2 aliphatic heterocycles. The predicted octanol–water partition coefficient (Wildman–Crippen LogP) is 1.22. The Kier molecular flexibility index (Phi) is 12.0. The lowest BCUT2D eigenvalue weighted by Gasteiger charge is -2.39. The molecule has 0 spiro atoms. The van der Waals surface area contributed by atoms with E-state index in [9.17, 15) is 39.1 Å². The summed E-state index contributed by atoms with van der Waals surface area (Å²) >= 11 is 0. The molecule has 2 aromatic carbocycles. The van der Waals surface area contributed by atoms with Crippen LogP contribution in [-0.4, -0.2) is 76.2 Å². The van der Waals surface area contributed by atoms with Gasteiger partial charge in [0.25, 0.3) is 0 Å². The van der Waals surface area contributed by atoms with E-state index in [0.29, 0.717) is 18.4 Å². The largest absolute Gasteiger partial charge is 0.481 e. The van der Waals surface area contributed by atoms with Crippen molar-refractivity contribution >= 4 is 41.2 Å². The fraction of sp³-hybridized carbons (Fsp3) is 0.457. The van der Waals surface area contributed by atoms with E-state index in [-0.39, 0.29) is 25.8 Å². The minimum absolute atomic E-state index is 0.00562. The summed E-state index contributed by atoms with van der Waals surface area (Å²) in [4.78, 5) is 79.3.